The van der Waals surface area contributed by atoms with Crippen molar-refractivity contribution >= 4 is 5.91 Å². The van der Waals surface area contributed by atoms with Crippen LogP contribution in [0.2, 0.25) is 0 Å². The lowest BCUT2D eigenvalue weighted by molar-refractivity contribution is -0.124. The predicted octanol–water partition coefficient (Wildman–Crippen LogP) is 1.38. The Morgan fingerprint density at radius 1 is 1.30 bits per heavy atom. The molecule has 6 nitrogen and oxygen atoms in total. The number of hydrogen-bond acceptors (Lipinski definition) is 4. The topological polar surface area (TPSA) is 59.4 Å². The quantitative estimate of drug-likeness (QED) is 0.926. The Morgan fingerprint density at radius 3 is 3.00 bits per heavy atom. The largest absolute Gasteiger partial charge is 0.493 e. The average molecular weight is 312 g/mol. The van der Waals surface area contributed by atoms with E-state index in [9.17, 15) is 4.79 Å². The fourth-order valence-corrected chi connectivity index (χ4v) is 3.27. The number of hydrogen-bond donors (Lipinski definition) is 1. The second kappa shape index (κ2) is 6.04. The summed E-state index contributed by atoms with van der Waals surface area (Å²) in [5.74, 6) is 0.956. The molecule has 2 aliphatic rings. The Bertz CT molecular complexity index is 680. The van der Waals surface area contributed by atoms with Crippen molar-refractivity contribution < 1.29 is 9.53 Å². The smallest absolute Gasteiger partial charge is 0.234 e. The van der Waals surface area contributed by atoms with E-state index in [1.165, 1.54) is 0 Å². The van der Waals surface area contributed by atoms with E-state index >= 15 is 0 Å². The third-order valence-corrected chi connectivity index (χ3v) is 4.50. The summed E-state index contributed by atoms with van der Waals surface area (Å²) in [6.45, 7) is 2.84. The first-order chi connectivity index (χ1) is 11.3. The van der Waals surface area contributed by atoms with Crippen LogP contribution in [0, 0.1) is 0 Å². The molecule has 120 valence electrons. The first kappa shape index (κ1) is 14.3. The summed E-state index contributed by atoms with van der Waals surface area (Å²) in [5, 5.41) is 7.39. The van der Waals surface area contributed by atoms with Crippen LogP contribution in [0.4, 0.5) is 0 Å². The summed E-state index contributed by atoms with van der Waals surface area (Å²) >= 11 is 0. The van der Waals surface area contributed by atoms with Gasteiger partial charge in [-0.15, -0.1) is 0 Å². The van der Waals surface area contributed by atoms with E-state index < -0.39 is 0 Å². The van der Waals surface area contributed by atoms with Gasteiger partial charge in [-0.2, -0.15) is 5.10 Å². The fraction of sp³-hybridized carbons (Fsp3) is 0.412. The molecule has 2 aromatic rings. The van der Waals surface area contributed by atoms with Crippen molar-refractivity contribution in [2.45, 2.75) is 18.5 Å². The average Bonchev–Trinajstić information content (AvgIpc) is 3.05. The highest BCUT2D eigenvalue weighted by Gasteiger charge is 2.30. The van der Waals surface area contributed by atoms with Gasteiger partial charge in [-0.3, -0.25) is 14.4 Å². The van der Waals surface area contributed by atoms with Gasteiger partial charge < -0.3 is 10.1 Å². The minimum atomic E-state index is 0.0515. The van der Waals surface area contributed by atoms with Crippen molar-refractivity contribution in [3.63, 3.8) is 0 Å². The third-order valence-electron chi connectivity index (χ3n) is 4.50. The Labute approximate surface area is 135 Å². The molecule has 23 heavy (non-hydrogen) atoms. The number of carbonyl (C=O) groups excluding carboxylic acids is 1. The number of aromatic nitrogens is 2. The monoisotopic (exact) mass is 312 g/mol. The van der Waals surface area contributed by atoms with E-state index in [2.05, 4.69) is 15.3 Å². The molecule has 1 N–H and O–H groups in total. The molecule has 0 radical (unpaired) electrons. The van der Waals surface area contributed by atoms with Gasteiger partial charge in [0.15, 0.2) is 0 Å². The summed E-state index contributed by atoms with van der Waals surface area (Å²) in [5.41, 5.74) is 1.07. The normalized spacial score (nSPS) is 21.1. The zero-order chi connectivity index (χ0) is 15.6. The van der Waals surface area contributed by atoms with Gasteiger partial charge in [0, 0.05) is 37.5 Å². The molecule has 0 saturated carbocycles. The number of benzene rings is 1. The molecule has 0 aliphatic carbocycles. The Kier molecular flexibility index (Phi) is 3.75. The van der Waals surface area contributed by atoms with Crippen molar-refractivity contribution in [2.24, 2.45) is 0 Å². The summed E-state index contributed by atoms with van der Waals surface area (Å²) in [6.07, 6.45) is 4.58. The fourth-order valence-electron chi connectivity index (χ4n) is 3.27. The van der Waals surface area contributed by atoms with Crippen molar-refractivity contribution in [3.8, 4) is 5.75 Å². The van der Waals surface area contributed by atoms with E-state index in [0.717, 1.165) is 30.8 Å². The van der Waals surface area contributed by atoms with Gasteiger partial charge in [-0.05, 0) is 12.1 Å². The number of rotatable bonds is 4. The lowest BCUT2D eigenvalue weighted by atomic mass is 10.0. The zero-order valence-corrected chi connectivity index (χ0v) is 12.9. The number of nitrogens with one attached hydrogen (secondary N) is 1. The molecule has 2 aliphatic heterocycles. The van der Waals surface area contributed by atoms with Crippen LogP contribution in [0.15, 0.2) is 42.7 Å². The summed E-state index contributed by atoms with van der Waals surface area (Å²) in [6, 6.07) is 10.3. The van der Waals surface area contributed by atoms with Gasteiger partial charge in [0.1, 0.15) is 5.75 Å². The second-order valence-corrected chi connectivity index (χ2v) is 6.13. The van der Waals surface area contributed by atoms with Crippen molar-refractivity contribution in [1.29, 1.82) is 0 Å². The highest BCUT2D eigenvalue weighted by molar-refractivity contribution is 5.78. The molecule has 0 spiro atoms. The number of para-hydroxylation sites is 1. The molecular formula is C17H20N4O2. The molecule has 0 unspecified atom stereocenters. The molecule has 3 heterocycles. The summed E-state index contributed by atoms with van der Waals surface area (Å²) in [4.78, 5) is 14.4. The molecule has 6 heteroatoms. The van der Waals surface area contributed by atoms with E-state index in [1.54, 1.807) is 6.20 Å². The van der Waals surface area contributed by atoms with Crippen molar-refractivity contribution in [2.75, 3.05) is 26.2 Å². The van der Waals surface area contributed by atoms with E-state index in [-0.39, 0.29) is 11.9 Å². The van der Waals surface area contributed by atoms with Gasteiger partial charge in [-0.25, -0.2) is 0 Å². The maximum Gasteiger partial charge on any atom is 0.234 e. The van der Waals surface area contributed by atoms with Gasteiger partial charge in [0.25, 0.3) is 0 Å². The van der Waals surface area contributed by atoms with Crippen LogP contribution >= 0.6 is 0 Å². The van der Waals surface area contributed by atoms with Crippen LogP contribution < -0.4 is 10.1 Å². The van der Waals surface area contributed by atoms with Gasteiger partial charge in [0.2, 0.25) is 5.91 Å². The highest BCUT2D eigenvalue weighted by Crippen LogP contribution is 2.31. The first-order valence-electron chi connectivity index (χ1n) is 8.02. The van der Waals surface area contributed by atoms with Crippen LogP contribution in [0.5, 0.6) is 5.75 Å². The minimum absolute atomic E-state index is 0.0515. The molecule has 1 saturated heterocycles. The lowest BCUT2D eigenvalue weighted by Gasteiger charge is -2.39. The Hall–Kier alpha value is -2.34. The standard InChI is InChI=1S/C17H20N4O2/c22-17(12-20-10-13(11-20)21-8-3-7-18-21)19-15-6-9-23-16-5-2-1-4-14(15)16/h1-5,7-8,13,15H,6,9-12H2,(H,19,22)/t15-/m0/s1. The molecule has 1 aromatic carbocycles. The number of fused-ring (bicyclic) bond motifs is 1. The van der Waals surface area contributed by atoms with Gasteiger partial charge in [-0.1, -0.05) is 18.2 Å². The zero-order valence-electron chi connectivity index (χ0n) is 12.9. The number of ether oxygens (including phenoxy) is 1. The molecule has 1 aromatic heterocycles. The number of likely N-dealkylation sites (tertiary alicyclic amines) is 1. The van der Waals surface area contributed by atoms with E-state index in [4.69, 9.17) is 4.74 Å². The van der Waals surface area contributed by atoms with Crippen LogP contribution in [-0.2, 0) is 4.79 Å². The van der Waals surface area contributed by atoms with Crippen LogP contribution in [0.1, 0.15) is 24.1 Å². The van der Waals surface area contributed by atoms with Gasteiger partial charge in [0.05, 0.1) is 25.2 Å². The molecule has 0 bridgehead atoms. The summed E-state index contributed by atoms with van der Waals surface area (Å²) < 4.78 is 7.59. The van der Waals surface area contributed by atoms with Crippen molar-refractivity contribution in [3.05, 3.63) is 48.3 Å². The number of carbonyl (C=O) groups is 1. The number of amides is 1. The Balaban J connectivity index is 1.30. The first-order valence-corrected chi connectivity index (χ1v) is 8.02. The highest BCUT2D eigenvalue weighted by atomic mass is 16.5. The van der Waals surface area contributed by atoms with Crippen LogP contribution in [0.3, 0.4) is 0 Å². The maximum atomic E-state index is 12.3. The van der Waals surface area contributed by atoms with Crippen LogP contribution in [-0.4, -0.2) is 46.8 Å². The molecule has 1 amide bonds. The molecular weight excluding hydrogens is 292 g/mol. The van der Waals surface area contributed by atoms with E-state index in [0.29, 0.717) is 19.2 Å². The van der Waals surface area contributed by atoms with E-state index in [1.807, 2.05) is 41.2 Å². The van der Waals surface area contributed by atoms with Crippen LogP contribution in [0.25, 0.3) is 0 Å². The molecule has 1 fully saturated rings. The predicted molar refractivity (Wildman–Crippen MR) is 85.1 cm³/mol. The SMILES string of the molecule is O=C(CN1CC(n2cccn2)C1)N[C@H]1CCOc2ccccc21. The number of nitrogens with zero attached hydrogens (tertiary/aromatic N) is 3. The molecule has 1 atom stereocenters. The third kappa shape index (κ3) is 2.94. The Morgan fingerprint density at radius 2 is 2.17 bits per heavy atom. The molecule has 4 rings (SSSR count). The minimum Gasteiger partial charge on any atom is -0.493 e. The van der Waals surface area contributed by atoms with Gasteiger partial charge >= 0.3 is 0 Å². The second-order valence-electron chi connectivity index (χ2n) is 6.13. The van der Waals surface area contributed by atoms with Crippen molar-refractivity contribution in [1.82, 2.24) is 20.0 Å². The maximum absolute atomic E-state index is 12.3. The summed E-state index contributed by atoms with van der Waals surface area (Å²) in [7, 11) is 0. The lowest BCUT2D eigenvalue weighted by Crippen LogP contribution is -2.52.